The molecule has 1 atom stereocenters. The van der Waals surface area contributed by atoms with Crippen molar-refractivity contribution in [2.24, 2.45) is 5.92 Å². The predicted molar refractivity (Wildman–Crippen MR) is 91.9 cm³/mol. The average Bonchev–Trinajstić information content (AvgIpc) is 2.48. The average molecular weight is 355 g/mol. The van der Waals surface area contributed by atoms with Crippen LogP contribution in [-0.2, 0) is 0 Å². The summed E-state index contributed by atoms with van der Waals surface area (Å²) in [6, 6.07) is 6.80. The van der Waals surface area contributed by atoms with Gasteiger partial charge in [0, 0.05) is 42.3 Å². The van der Waals surface area contributed by atoms with Crippen LogP contribution in [0.2, 0.25) is 0 Å². The van der Waals surface area contributed by atoms with E-state index in [4.69, 9.17) is 4.74 Å². The third-order valence-corrected chi connectivity index (χ3v) is 4.65. The van der Waals surface area contributed by atoms with Crippen LogP contribution in [0.1, 0.15) is 38.3 Å². The Kier molecular flexibility index (Phi) is 6.52. The Labute approximate surface area is 137 Å². The fourth-order valence-electron chi connectivity index (χ4n) is 2.99. The molecule has 1 aliphatic heterocycles. The van der Waals surface area contributed by atoms with E-state index in [1.807, 2.05) is 0 Å². The number of rotatable bonds is 6. The number of piperazine rings is 1. The van der Waals surface area contributed by atoms with Gasteiger partial charge in [-0.15, -0.1) is 0 Å². The van der Waals surface area contributed by atoms with E-state index in [0.717, 1.165) is 42.3 Å². The summed E-state index contributed by atoms with van der Waals surface area (Å²) in [5.74, 6) is 1.74. The number of ether oxygens (including phenoxy) is 1. The van der Waals surface area contributed by atoms with Crippen molar-refractivity contribution < 1.29 is 4.74 Å². The zero-order chi connectivity index (χ0) is 15.2. The molecule has 1 heterocycles. The molecular formula is C17H27BrN2O. The summed E-state index contributed by atoms with van der Waals surface area (Å²) in [6.07, 6.45) is 2.43. The van der Waals surface area contributed by atoms with Crippen molar-refractivity contribution in [1.29, 1.82) is 0 Å². The SMILES string of the molecule is COc1ccc(Br)cc1[C@@H](CCC(C)C)N1CCNCC1. The quantitative estimate of drug-likeness (QED) is 0.839. The largest absolute Gasteiger partial charge is 0.496 e. The second kappa shape index (κ2) is 8.16. The van der Waals surface area contributed by atoms with E-state index >= 15 is 0 Å². The number of hydrogen-bond donors (Lipinski definition) is 1. The normalized spacial score (nSPS) is 18.0. The molecule has 0 saturated carbocycles. The van der Waals surface area contributed by atoms with Gasteiger partial charge in [-0.3, -0.25) is 4.90 Å². The maximum absolute atomic E-state index is 5.62. The Morgan fingerprint density at radius 2 is 1.95 bits per heavy atom. The number of benzene rings is 1. The molecule has 0 aliphatic carbocycles. The molecule has 0 unspecified atom stereocenters. The highest BCUT2D eigenvalue weighted by Gasteiger charge is 2.25. The van der Waals surface area contributed by atoms with Crippen LogP contribution < -0.4 is 10.1 Å². The fraction of sp³-hybridized carbons (Fsp3) is 0.647. The van der Waals surface area contributed by atoms with Gasteiger partial charge in [-0.05, 0) is 37.0 Å². The first-order valence-corrected chi connectivity index (χ1v) is 8.69. The van der Waals surface area contributed by atoms with Gasteiger partial charge >= 0.3 is 0 Å². The van der Waals surface area contributed by atoms with Crippen molar-refractivity contribution in [2.75, 3.05) is 33.3 Å². The minimum absolute atomic E-state index is 0.446. The summed E-state index contributed by atoms with van der Waals surface area (Å²) >= 11 is 3.61. The predicted octanol–water partition coefficient (Wildman–Crippen LogP) is 3.84. The maximum Gasteiger partial charge on any atom is 0.123 e. The van der Waals surface area contributed by atoms with Crippen molar-refractivity contribution in [1.82, 2.24) is 10.2 Å². The third kappa shape index (κ3) is 4.70. The van der Waals surface area contributed by atoms with Crippen LogP contribution in [0.4, 0.5) is 0 Å². The lowest BCUT2D eigenvalue weighted by molar-refractivity contribution is 0.157. The zero-order valence-electron chi connectivity index (χ0n) is 13.4. The van der Waals surface area contributed by atoms with Crippen LogP contribution in [0.5, 0.6) is 5.75 Å². The smallest absolute Gasteiger partial charge is 0.123 e. The summed E-state index contributed by atoms with van der Waals surface area (Å²) in [6.45, 7) is 8.97. The van der Waals surface area contributed by atoms with Gasteiger partial charge in [-0.2, -0.15) is 0 Å². The second-order valence-corrected chi connectivity index (χ2v) is 7.07. The van der Waals surface area contributed by atoms with Crippen LogP contribution in [0.25, 0.3) is 0 Å². The summed E-state index contributed by atoms with van der Waals surface area (Å²) in [5.41, 5.74) is 1.31. The first-order valence-electron chi connectivity index (χ1n) is 7.90. The number of nitrogens with one attached hydrogen (secondary N) is 1. The monoisotopic (exact) mass is 354 g/mol. The lowest BCUT2D eigenvalue weighted by Gasteiger charge is -2.36. The van der Waals surface area contributed by atoms with Crippen molar-refractivity contribution in [3.8, 4) is 5.75 Å². The van der Waals surface area contributed by atoms with E-state index in [9.17, 15) is 0 Å². The van der Waals surface area contributed by atoms with Gasteiger partial charge in [0.1, 0.15) is 5.75 Å². The Balaban J connectivity index is 2.26. The van der Waals surface area contributed by atoms with Gasteiger partial charge in [-0.1, -0.05) is 29.8 Å². The van der Waals surface area contributed by atoms with E-state index < -0.39 is 0 Å². The van der Waals surface area contributed by atoms with E-state index in [-0.39, 0.29) is 0 Å². The number of halogens is 1. The Bertz CT molecular complexity index is 444. The number of methoxy groups -OCH3 is 1. The van der Waals surface area contributed by atoms with Crippen molar-refractivity contribution >= 4 is 15.9 Å². The molecule has 3 nitrogen and oxygen atoms in total. The first kappa shape index (κ1) is 16.8. The van der Waals surface area contributed by atoms with Gasteiger partial charge in [0.05, 0.1) is 7.11 Å². The van der Waals surface area contributed by atoms with Crippen LogP contribution >= 0.6 is 15.9 Å². The fourth-order valence-corrected chi connectivity index (χ4v) is 3.36. The van der Waals surface area contributed by atoms with Crippen LogP contribution in [-0.4, -0.2) is 38.2 Å². The molecule has 1 fully saturated rings. The third-order valence-electron chi connectivity index (χ3n) is 4.16. The molecule has 0 radical (unpaired) electrons. The number of hydrogen-bond acceptors (Lipinski definition) is 3. The van der Waals surface area contributed by atoms with Crippen LogP contribution in [0, 0.1) is 5.92 Å². The lowest BCUT2D eigenvalue weighted by Crippen LogP contribution is -2.45. The zero-order valence-corrected chi connectivity index (χ0v) is 14.9. The molecule has 0 bridgehead atoms. The Morgan fingerprint density at radius 1 is 1.24 bits per heavy atom. The molecule has 0 amide bonds. The minimum Gasteiger partial charge on any atom is -0.496 e. The molecule has 0 spiro atoms. The lowest BCUT2D eigenvalue weighted by atomic mass is 9.95. The molecule has 1 aromatic carbocycles. The van der Waals surface area contributed by atoms with E-state index in [1.54, 1.807) is 7.11 Å². The molecule has 1 saturated heterocycles. The summed E-state index contributed by atoms with van der Waals surface area (Å²) in [7, 11) is 1.77. The molecule has 118 valence electrons. The molecule has 2 rings (SSSR count). The Hall–Kier alpha value is -0.580. The second-order valence-electron chi connectivity index (χ2n) is 6.16. The minimum atomic E-state index is 0.446. The van der Waals surface area contributed by atoms with Crippen LogP contribution in [0.15, 0.2) is 22.7 Å². The summed E-state index contributed by atoms with van der Waals surface area (Å²) in [5, 5.41) is 3.44. The molecule has 1 N–H and O–H groups in total. The highest BCUT2D eigenvalue weighted by molar-refractivity contribution is 9.10. The highest BCUT2D eigenvalue weighted by atomic mass is 79.9. The molecule has 1 aromatic rings. The van der Waals surface area contributed by atoms with Crippen molar-refractivity contribution in [3.63, 3.8) is 0 Å². The number of nitrogens with zero attached hydrogens (tertiary/aromatic N) is 1. The first-order chi connectivity index (χ1) is 10.1. The summed E-state index contributed by atoms with van der Waals surface area (Å²) < 4.78 is 6.74. The molecule has 4 heteroatoms. The summed E-state index contributed by atoms with van der Waals surface area (Å²) in [4.78, 5) is 2.60. The molecule has 21 heavy (non-hydrogen) atoms. The maximum atomic E-state index is 5.62. The molecular weight excluding hydrogens is 328 g/mol. The topological polar surface area (TPSA) is 24.5 Å². The molecule has 1 aliphatic rings. The van der Waals surface area contributed by atoms with E-state index in [1.165, 1.54) is 18.4 Å². The van der Waals surface area contributed by atoms with Crippen molar-refractivity contribution in [3.05, 3.63) is 28.2 Å². The Morgan fingerprint density at radius 3 is 2.57 bits per heavy atom. The van der Waals surface area contributed by atoms with Gasteiger partial charge < -0.3 is 10.1 Å². The van der Waals surface area contributed by atoms with Crippen molar-refractivity contribution in [2.45, 2.75) is 32.7 Å². The van der Waals surface area contributed by atoms with Gasteiger partial charge in [0.15, 0.2) is 0 Å². The highest BCUT2D eigenvalue weighted by Crippen LogP contribution is 2.35. The van der Waals surface area contributed by atoms with Crippen LogP contribution in [0.3, 0.4) is 0 Å². The standard InChI is InChI=1S/C17H27BrN2O/c1-13(2)4-6-16(20-10-8-19-9-11-20)15-12-14(18)5-7-17(15)21-3/h5,7,12-13,16,19H,4,6,8-11H2,1-3H3/t16-/m1/s1. The van der Waals surface area contributed by atoms with E-state index in [2.05, 4.69) is 58.2 Å². The van der Waals surface area contributed by atoms with E-state index in [0.29, 0.717) is 6.04 Å². The van der Waals surface area contributed by atoms with Gasteiger partial charge in [-0.25, -0.2) is 0 Å². The van der Waals surface area contributed by atoms with Gasteiger partial charge in [0.25, 0.3) is 0 Å². The molecule has 0 aromatic heterocycles. The van der Waals surface area contributed by atoms with Gasteiger partial charge in [0.2, 0.25) is 0 Å².